The maximum Gasteiger partial charge on any atom is 0.407 e. The Morgan fingerprint density at radius 3 is 1.20 bits per heavy atom. The molecule has 0 bridgehead atoms. The number of allylic oxidation sites excluding steroid dienone is 4. The molecule has 0 radical (unpaired) electrons. The average Bonchev–Trinajstić information content (AvgIpc) is 3.19. The van der Waals surface area contributed by atoms with Crippen LogP contribution in [-0.4, -0.2) is 68.4 Å². The number of esters is 2. The lowest BCUT2D eigenvalue weighted by atomic mass is 10.1. The van der Waals surface area contributed by atoms with Crippen LogP contribution in [0.2, 0.25) is 0 Å². The maximum atomic E-state index is 12.7. The van der Waals surface area contributed by atoms with Crippen LogP contribution in [0.1, 0.15) is 220 Å². The summed E-state index contributed by atoms with van der Waals surface area (Å²) in [6.45, 7) is 11.7. The summed E-state index contributed by atoms with van der Waals surface area (Å²) in [4.78, 5) is 40.0. The SMILES string of the molecule is CCCCCCCCC=CCCCCCCCC(=O)OCC(COC(=O)CCCCCCCC=CCCCCCCCC)OC(=O)NCCN(CCC)CCC. The highest BCUT2D eigenvalue weighted by atomic mass is 16.6. The first-order valence-electron chi connectivity index (χ1n) is 23.7. The van der Waals surface area contributed by atoms with Gasteiger partial charge in [0.25, 0.3) is 0 Å². The van der Waals surface area contributed by atoms with Crippen molar-refractivity contribution in [3.63, 3.8) is 0 Å². The number of alkyl carbamates (subject to hydrolysis) is 1. The monoisotopic (exact) mass is 791 g/mol. The van der Waals surface area contributed by atoms with Gasteiger partial charge in [-0.05, 0) is 90.1 Å². The molecule has 0 aromatic rings. The number of rotatable bonds is 42. The van der Waals surface area contributed by atoms with Crippen LogP contribution in [-0.2, 0) is 23.8 Å². The summed E-state index contributed by atoms with van der Waals surface area (Å²) in [7, 11) is 0. The van der Waals surface area contributed by atoms with Gasteiger partial charge in [-0.25, -0.2) is 4.79 Å². The van der Waals surface area contributed by atoms with Crippen molar-refractivity contribution >= 4 is 18.0 Å². The molecule has 0 aromatic carbocycles. The molecule has 1 amide bonds. The largest absolute Gasteiger partial charge is 0.462 e. The van der Waals surface area contributed by atoms with Crippen molar-refractivity contribution < 1.29 is 28.6 Å². The second-order valence-electron chi connectivity index (χ2n) is 15.8. The highest BCUT2D eigenvalue weighted by molar-refractivity contribution is 5.70. The fourth-order valence-electron chi connectivity index (χ4n) is 6.79. The molecule has 0 aliphatic carbocycles. The van der Waals surface area contributed by atoms with E-state index in [1.807, 2.05) is 0 Å². The van der Waals surface area contributed by atoms with Gasteiger partial charge in [-0.3, -0.25) is 9.59 Å². The molecule has 0 unspecified atom stereocenters. The number of hydrogen-bond donors (Lipinski definition) is 1. The van der Waals surface area contributed by atoms with E-state index in [1.54, 1.807) is 0 Å². The number of ether oxygens (including phenoxy) is 3. The molecule has 0 aromatic heterocycles. The predicted octanol–water partition coefficient (Wildman–Crippen LogP) is 13.4. The number of amides is 1. The minimum Gasteiger partial charge on any atom is -0.462 e. The van der Waals surface area contributed by atoms with Gasteiger partial charge in [0.2, 0.25) is 0 Å². The van der Waals surface area contributed by atoms with Gasteiger partial charge in [-0.1, -0.05) is 155 Å². The Morgan fingerprint density at radius 2 is 0.821 bits per heavy atom. The van der Waals surface area contributed by atoms with Gasteiger partial charge in [0.1, 0.15) is 13.2 Å². The molecular weight excluding hydrogens is 701 g/mol. The fourth-order valence-corrected chi connectivity index (χ4v) is 6.79. The molecule has 1 N–H and O–H groups in total. The number of carbonyl (C=O) groups is 3. The molecule has 56 heavy (non-hydrogen) atoms. The van der Waals surface area contributed by atoms with E-state index in [9.17, 15) is 14.4 Å². The molecule has 0 aliphatic heterocycles. The van der Waals surface area contributed by atoms with E-state index in [4.69, 9.17) is 14.2 Å². The number of hydrogen-bond acceptors (Lipinski definition) is 7. The topological polar surface area (TPSA) is 94.2 Å². The van der Waals surface area contributed by atoms with Crippen LogP contribution >= 0.6 is 0 Å². The molecule has 8 nitrogen and oxygen atoms in total. The van der Waals surface area contributed by atoms with Crippen molar-refractivity contribution in [2.75, 3.05) is 39.4 Å². The standard InChI is InChI=1S/C48H90N2O6/c1-5-9-11-13-15-17-19-21-23-25-27-29-31-33-35-37-46(51)54-43-45(56-48(53)49-39-42-50(40-7-3)41-8-4)44-55-47(52)38-36-34-32-30-28-26-24-22-20-18-16-14-12-10-6-2/h21-24,45H,5-20,25-44H2,1-4H3,(H,49,53). The molecule has 0 atom stereocenters. The Kier molecular flexibility index (Phi) is 41.9. The normalized spacial score (nSPS) is 12.2. The van der Waals surface area contributed by atoms with Crippen molar-refractivity contribution in [1.82, 2.24) is 10.2 Å². The molecule has 0 spiro atoms. The first-order valence-corrected chi connectivity index (χ1v) is 23.7. The van der Waals surface area contributed by atoms with Crippen LogP contribution in [0, 0.1) is 0 Å². The van der Waals surface area contributed by atoms with Gasteiger partial charge in [0.05, 0.1) is 0 Å². The van der Waals surface area contributed by atoms with E-state index in [0.717, 1.165) is 83.8 Å². The molecule has 0 heterocycles. The van der Waals surface area contributed by atoms with Crippen molar-refractivity contribution in [1.29, 1.82) is 0 Å². The van der Waals surface area contributed by atoms with E-state index in [2.05, 4.69) is 62.2 Å². The fraction of sp³-hybridized carbons (Fsp3) is 0.854. The van der Waals surface area contributed by atoms with Crippen LogP contribution in [0.25, 0.3) is 0 Å². The summed E-state index contributed by atoms with van der Waals surface area (Å²) < 4.78 is 16.6. The molecule has 0 rings (SSSR count). The second-order valence-corrected chi connectivity index (χ2v) is 15.8. The molecular formula is C48H90N2O6. The Hall–Kier alpha value is -2.35. The van der Waals surface area contributed by atoms with Crippen molar-refractivity contribution in [3.05, 3.63) is 24.3 Å². The van der Waals surface area contributed by atoms with Gasteiger partial charge in [-0.15, -0.1) is 0 Å². The summed E-state index contributed by atoms with van der Waals surface area (Å²) in [6.07, 6.45) is 41.8. The molecule has 328 valence electrons. The number of nitrogens with zero attached hydrogens (tertiary/aromatic N) is 1. The Bertz CT molecular complexity index is 877. The summed E-state index contributed by atoms with van der Waals surface area (Å²) in [5.41, 5.74) is 0. The second kappa shape index (κ2) is 43.8. The predicted molar refractivity (Wildman–Crippen MR) is 236 cm³/mol. The zero-order valence-electron chi connectivity index (χ0n) is 37.2. The van der Waals surface area contributed by atoms with E-state index in [1.165, 1.54) is 116 Å². The third-order valence-electron chi connectivity index (χ3n) is 10.2. The molecule has 0 saturated carbocycles. The third kappa shape index (κ3) is 39.9. The summed E-state index contributed by atoms with van der Waals surface area (Å²) >= 11 is 0. The van der Waals surface area contributed by atoms with Crippen LogP contribution in [0.3, 0.4) is 0 Å². The number of unbranched alkanes of at least 4 members (excludes halogenated alkanes) is 22. The first kappa shape index (κ1) is 53.6. The highest BCUT2D eigenvalue weighted by Crippen LogP contribution is 2.13. The van der Waals surface area contributed by atoms with Gasteiger partial charge >= 0.3 is 18.0 Å². The third-order valence-corrected chi connectivity index (χ3v) is 10.2. The summed E-state index contributed by atoms with van der Waals surface area (Å²) in [5, 5.41) is 2.81. The number of nitrogens with one attached hydrogen (secondary N) is 1. The highest BCUT2D eigenvalue weighted by Gasteiger charge is 2.20. The van der Waals surface area contributed by atoms with E-state index < -0.39 is 12.2 Å². The maximum absolute atomic E-state index is 12.7. The van der Waals surface area contributed by atoms with Crippen LogP contribution in [0.5, 0.6) is 0 Å². The molecule has 0 saturated heterocycles. The smallest absolute Gasteiger partial charge is 0.407 e. The van der Waals surface area contributed by atoms with Gasteiger partial charge in [0.15, 0.2) is 6.10 Å². The first-order chi connectivity index (χ1) is 27.5. The van der Waals surface area contributed by atoms with Gasteiger partial charge in [-0.2, -0.15) is 0 Å². The Morgan fingerprint density at radius 1 is 0.464 bits per heavy atom. The number of carbonyl (C=O) groups excluding carboxylic acids is 3. The van der Waals surface area contributed by atoms with Crippen molar-refractivity contribution in [2.24, 2.45) is 0 Å². The van der Waals surface area contributed by atoms with Crippen LogP contribution < -0.4 is 5.32 Å². The Labute approximate surface area is 346 Å². The Balaban J connectivity index is 4.38. The summed E-state index contributed by atoms with van der Waals surface area (Å²) in [6, 6.07) is 0. The minimum atomic E-state index is -0.853. The lowest BCUT2D eigenvalue weighted by Gasteiger charge is -2.22. The molecule has 0 fully saturated rings. The van der Waals surface area contributed by atoms with Gasteiger partial charge in [0, 0.05) is 25.9 Å². The average molecular weight is 791 g/mol. The lowest BCUT2D eigenvalue weighted by molar-refractivity contribution is -0.152. The van der Waals surface area contributed by atoms with Gasteiger partial charge < -0.3 is 24.4 Å². The van der Waals surface area contributed by atoms with E-state index in [0.29, 0.717) is 19.4 Å². The van der Waals surface area contributed by atoms with E-state index >= 15 is 0 Å². The lowest BCUT2D eigenvalue weighted by Crippen LogP contribution is -2.39. The van der Waals surface area contributed by atoms with Crippen LogP contribution in [0.4, 0.5) is 4.79 Å². The zero-order valence-corrected chi connectivity index (χ0v) is 37.2. The minimum absolute atomic E-state index is 0.129. The van der Waals surface area contributed by atoms with Crippen molar-refractivity contribution in [2.45, 2.75) is 226 Å². The van der Waals surface area contributed by atoms with Crippen LogP contribution in [0.15, 0.2) is 24.3 Å². The molecule has 8 heteroatoms. The van der Waals surface area contributed by atoms with Crippen molar-refractivity contribution in [3.8, 4) is 0 Å². The zero-order chi connectivity index (χ0) is 41.0. The quantitative estimate of drug-likeness (QED) is 0.0285. The molecule has 0 aliphatic rings. The van der Waals surface area contributed by atoms with E-state index in [-0.39, 0.29) is 25.2 Å². The summed E-state index contributed by atoms with van der Waals surface area (Å²) in [5.74, 6) is -0.628.